The summed E-state index contributed by atoms with van der Waals surface area (Å²) in [5, 5.41) is 10.2. The standard InChI is InChI=1S/C27H29BF4N5O4/c1-26(2,39-3)22-9-15(11-28-22)25(38)33-12-23-35-24(36-41-23)21-10-16-18(34-19-7-8-40-13-17(19)29)5-4-6-20(16)37(21)14-27(30,31)32/h4-6,9-11,17,19,34H,7-8,12-14H2,1-3H3,(H,33,38)/t17-,19?/m1/s1. The molecule has 1 saturated heterocycles. The van der Waals surface area contributed by atoms with Crippen molar-refractivity contribution in [3.8, 4) is 11.5 Å². The topological polar surface area (TPSA) is 103 Å². The van der Waals surface area contributed by atoms with Crippen LogP contribution in [0.1, 0.15) is 26.2 Å². The third kappa shape index (κ3) is 6.33. The van der Waals surface area contributed by atoms with E-state index in [9.17, 15) is 22.4 Å². The van der Waals surface area contributed by atoms with E-state index in [1.165, 1.54) is 6.07 Å². The number of rotatable bonds is 9. The van der Waals surface area contributed by atoms with E-state index in [0.29, 0.717) is 29.7 Å². The molecule has 2 aliphatic rings. The normalized spacial score (nSPS) is 19.6. The number of amides is 1. The highest BCUT2D eigenvalue weighted by molar-refractivity contribution is 6.54. The second kappa shape index (κ2) is 11.3. The summed E-state index contributed by atoms with van der Waals surface area (Å²) in [4.78, 5) is 16.9. The van der Waals surface area contributed by atoms with E-state index in [1.54, 1.807) is 44.6 Å². The second-order valence-electron chi connectivity index (χ2n) is 10.4. The zero-order valence-corrected chi connectivity index (χ0v) is 22.7. The van der Waals surface area contributed by atoms with Crippen molar-refractivity contribution in [2.75, 3.05) is 25.6 Å². The minimum absolute atomic E-state index is 0.0157. The molecule has 1 unspecified atom stereocenters. The largest absolute Gasteiger partial charge is 0.406 e. The molecular weight excluding hydrogens is 545 g/mol. The van der Waals surface area contributed by atoms with Crippen LogP contribution in [-0.2, 0) is 27.4 Å². The Morgan fingerprint density at radius 1 is 1.29 bits per heavy atom. The fourth-order valence-corrected chi connectivity index (χ4v) is 4.78. The van der Waals surface area contributed by atoms with Gasteiger partial charge in [0.15, 0.2) is 7.28 Å². The number of nitrogens with one attached hydrogen (secondary N) is 2. The van der Waals surface area contributed by atoms with E-state index in [4.69, 9.17) is 14.0 Å². The van der Waals surface area contributed by atoms with Gasteiger partial charge in [-0.2, -0.15) is 18.2 Å². The highest BCUT2D eigenvalue weighted by Crippen LogP contribution is 2.35. The van der Waals surface area contributed by atoms with Gasteiger partial charge in [-0.25, -0.2) is 4.39 Å². The molecule has 2 N–H and O–H groups in total. The molecule has 2 aliphatic heterocycles. The summed E-state index contributed by atoms with van der Waals surface area (Å²) in [7, 11) is 3.37. The molecule has 2 atom stereocenters. The molecule has 3 aromatic rings. The third-order valence-electron chi connectivity index (χ3n) is 7.23. The average molecular weight is 574 g/mol. The van der Waals surface area contributed by atoms with Crippen LogP contribution in [0.4, 0.5) is 23.2 Å². The smallest absolute Gasteiger partial charge is 0.379 e. The van der Waals surface area contributed by atoms with Crippen LogP contribution in [0.2, 0.25) is 0 Å². The lowest BCUT2D eigenvalue weighted by Crippen LogP contribution is -2.39. The van der Waals surface area contributed by atoms with Crippen molar-refractivity contribution in [1.82, 2.24) is 20.0 Å². The minimum Gasteiger partial charge on any atom is -0.379 e. The van der Waals surface area contributed by atoms with Crippen LogP contribution < -0.4 is 10.6 Å². The van der Waals surface area contributed by atoms with Crippen molar-refractivity contribution in [2.45, 2.75) is 57.3 Å². The first-order valence-corrected chi connectivity index (χ1v) is 13.1. The van der Waals surface area contributed by atoms with Gasteiger partial charge < -0.3 is 29.2 Å². The summed E-state index contributed by atoms with van der Waals surface area (Å²) >= 11 is 0. The molecule has 0 spiro atoms. The van der Waals surface area contributed by atoms with Crippen molar-refractivity contribution in [3.05, 3.63) is 53.3 Å². The highest BCUT2D eigenvalue weighted by Gasteiger charge is 2.32. The Labute approximate surface area is 234 Å². The summed E-state index contributed by atoms with van der Waals surface area (Å²) in [6.45, 7) is 2.67. The predicted molar refractivity (Wildman–Crippen MR) is 144 cm³/mol. The van der Waals surface area contributed by atoms with Crippen LogP contribution >= 0.6 is 0 Å². The Kier molecular flexibility index (Phi) is 7.97. The molecule has 0 saturated carbocycles. The van der Waals surface area contributed by atoms with Gasteiger partial charge in [0.05, 0.1) is 36.0 Å². The quantitative estimate of drug-likeness (QED) is 0.290. The van der Waals surface area contributed by atoms with Crippen molar-refractivity contribution >= 4 is 29.8 Å². The molecule has 2 aromatic heterocycles. The fraction of sp³-hybridized carbons (Fsp3) is 0.444. The van der Waals surface area contributed by atoms with E-state index >= 15 is 0 Å². The molecule has 9 nitrogen and oxygen atoms in total. The van der Waals surface area contributed by atoms with E-state index in [2.05, 4.69) is 20.8 Å². The molecule has 217 valence electrons. The number of methoxy groups -OCH3 is 1. The first kappa shape index (κ1) is 28.9. The van der Waals surface area contributed by atoms with Crippen LogP contribution in [0, 0.1) is 0 Å². The van der Waals surface area contributed by atoms with Gasteiger partial charge in [-0.05, 0) is 38.5 Å². The maximum atomic E-state index is 14.4. The Hall–Kier alpha value is -3.65. The van der Waals surface area contributed by atoms with Gasteiger partial charge >= 0.3 is 6.18 Å². The first-order chi connectivity index (χ1) is 19.4. The number of carbonyl (C=O) groups is 1. The van der Waals surface area contributed by atoms with E-state index < -0.39 is 30.5 Å². The number of benzene rings is 1. The van der Waals surface area contributed by atoms with Gasteiger partial charge in [-0.15, -0.1) is 5.98 Å². The molecule has 0 bridgehead atoms. The van der Waals surface area contributed by atoms with E-state index in [0.717, 1.165) is 10.0 Å². The monoisotopic (exact) mass is 574 g/mol. The van der Waals surface area contributed by atoms with Gasteiger partial charge in [0.25, 0.3) is 5.91 Å². The summed E-state index contributed by atoms with van der Waals surface area (Å²) in [5.74, 6) is 1.22. The lowest BCUT2D eigenvalue weighted by molar-refractivity contribution is -0.139. The zero-order chi connectivity index (χ0) is 29.4. The van der Waals surface area contributed by atoms with Crippen molar-refractivity contribution in [3.63, 3.8) is 0 Å². The van der Waals surface area contributed by atoms with Gasteiger partial charge in [0, 0.05) is 30.4 Å². The maximum Gasteiger partial charge on any atom is 0.406 e. The Morgan fingerprint density at radius 3 is 2.83 bits per heavy atom. The SMILES string of the molecule is COC(C)(C)C1=CC(C(=O)NCc2nc(-c3cc4c(NC5CCOC[C@H]5F)cccc4n3CC(F)(F)F)no2)=C[B]1. The van der Waals surface area contributed by atoms with Gasteiger partial charge in [-0.3, -0.25) is 4.79 Å². The molecule has 1 fully saturated rings. The van der Waals surface area contributed by atoms with Crippen LogP contribution in [-0.4, -0.2) is 72.2 Å². The van der Waals surface area contributed by atoms with Crippen LogP contribution in [0.5, 0.6) is 0 Å². The van der Waals surface area contributed by atoms with E-state index in [1.807, 2.05) is 13.8 Å². The fourth-order valence-electron chi connectivity index (χ4n) is 4.78. The molecular formula is C27H29BF4N5O4. The molecule has 41 heavy (non-hydrogen) atoms. The molecule has 1 amide bonds. The van der Waals surface area contributed by atoms with Crippen molar-refractivity contribution in [1.29, 1.82) is 0 Å². The summed E-state index contributed by atoms with van der Waals surface area (Å²) in [5.41, 5.74) is 1.50. The highest BCUT2D eigenvalue weighted by atomic mass is 19.4. The molecule has 4 heterocycles. The number of nitrogens with zero attached hydrogens (tertiary/aromatic N) is 3. The number of carbonyl (C=O) groups excluding carboxylic acids is 1. The molecule has 0 aliphatic carbocycles. The third-order valence-corrected chi connectivity index (χ3v) is 7.23. The Bertz CT molecular complexity index is 1500. The van der Waals surface area contributed by atoms with Crippen LogP contribution in [0.25, 0.3) is 22.4 Å². The summed E-state index contributed by atoms with van der Waals surface area (Å²) in [6, 6.07) is 5.82. The summed E-state index contributed by atoms with van der Waals surface area (Å²) < 4.78 is 72.2. The predicted octanol–water partition coefficient (Wildman–Crippen LogP) is 4.32. The van der Waals surface area contributed by atoms with Crippen LogP contribution in [0.3, 0.4) is 0 Å². The van der Waals surface area contributed by atoms with E-state index in [-0.39, 0.29) is 42.0 Å². The second-order valence-corrected chi connectivity index (χ2v) is 10.4. The molecule has 14 heteroatoms. The van der Waals surface area contributed by atoms with Gasteiger partial charge in [0.1, 0.15) is 12.7 Å². The molecule has 1 aromatic carbocycles. The lowest BCUT2D eigenvalue weighted by atomic mass is 9.66. The number of hydrogen-bond donors (Lipinski definition) is 2. The number of aromatic nitrogens is 3. The molecule has 5 rings (SSSR count). The summed E-state index contributed by atoms with van der Waals surface area (Å²) in [6.07, 6.45) is -3.66. The number of alkyl halides is 4. The lowest BCUT2D eigenvalue weighted by Gasteiger charge is -2.28. The zero-order valence-electron chi connectivity index (χ0n) is 22.7. The van der Waals surface area contributed by atoms with Crippen molar-refractivity contribution < 1.29 is 36.4 Å². The number of fused-ring (bicyclic) bond motifs is 1. The van der Waals surface area contributed by atoms with Gasteiger partial charge in [-0.1, -0.05) is 22.8 Å². The Balaban J connectivity index is 1.38. The number of anilines is 1. The van der Waals surface area contributed by atoms with Crippen molar-refractivity contribution in [2.24, 2.45) is 0 Å². The Morgan fingerprint density at radius 2 is 2.10 bits per heavy atom. The maximum absolute atomic E-state index is 14.4. The number of halogens is 4. The average Bonchev–Trinajstić information content (AvgIpc) is 3.68. The van der Waals surface area contributed by atoms with Crippen LogP contribution in [0.15, 0.2) is 51.9 Å². The first-order valence-electron chi connectivity index (χ1n) is 13.1. The van der Waals surface area contributed by atoms with Gasteiger partial charge in [0.2, 0.25) is 11.7 Å². The number of ether oxygens (including phenoxy) is 2. The number of hydrogen-bond acceptors (Lipinski definition) is 7. The molecule has 1 radical (unpaired) electrons. The minimum atomic E-state index is -4.54.